The van der Waals surface area contributed by atoms with Crippen molar-refractivity contribution in [2.75, 3.05) is 6.61 Å². The minimum absolute atomic E-state index is 0. The van der Waals surface area contributed by atoms with E-state index < -0.39 is 6.16 Å². The first-order valence-corrected chi connectivity index (χ1v) is 5.16. The third kappa shape index (κ3) is 6.03. The Morgan fingerprint density at radius 3 is 2.50 bits per heavy atom. The molecule has 0 amide bonds. The van der Waals surface area contributed by atoms with Gasteiger partial charge in [-0.1, -0.05) is 43.7 Å². The van der Waals surface area contributed by atoms with E-state index in [1.54, 1.807) is 0 Å². The highest BCUT2D eigenvalue weighted by Gasteiger charge is 2.02. The Kier molecular flexibility index (Phi) is 7.89. The number of rotatable bonds is 5. The van der Waals surface area contributed by atoms with Gasteiger partial charge in [0.1, 0.15) is 6.61 Å². The summed E-state index contributed by atoms with van der Waals surface area (Å²) in [5.41, 5.74) is 0.963. The van der Waals surface area contributed by atoms with Gasteiger partial charge in [-0.3, -0.25) is 0 Å². The van der Waals surface area contributed by atoms with Crippen LogP contribution in [-0.4, -0.2) is 12.8 Å². The third-order valence-electron chi connectivity index (χ3n) is 1.92. The molecule has 1 aromatic carbocycles. The molecule has 4 nitrogen and oxygen atoms in total. The zero-order chi connectivity index (χ0) is 10.9. The number of ether oxygens (including phenoxy) is 2. The van der Waals surface area contributed by atoms with Crippen LogP contribution in [0.5, 0.6) is 0 Å². The smallest absolute Gasteiger partial charge is 0.434 e. The van der Waals surface area contributed by atoms with Crippen LogP contribution in [0, 0.1) is 0 Å². The second kappa shape index (κ2) is 8.73. The first-order valence-electron chi connectivity index (χ1n) is 5.16. The Labute approximate surface area is 96.1 Å². The van der Waals surface area contributed by atoms with Gasteiger partial charge in [0.25, 0.3) is 0 Å². The SMILES string of the molecule is CCCCOC(=O)OCc1ccccc1.N. The summed E-state index contributed by atoms with van der Waals surface area (Å²) in [6, 6.07) is 9.53. The van der Waals surface area contributed by atoms with Crippen molar-refractivity contribution < 1.29 is 14.3 Å². The fraction of sp³-hybridized carbons (Fsp3) is 0.417. The average Bonchev–Trinajstić information content (AvgIpc) is 2.28. The van der Waals surface area contributed by atoms with E-state index in [1.165, 1.54) is 0 Å². The molecule has 0 aliphatic heterocycles. The van der Waals surface area contributed by atoms with Crippen molar-refractivity contribution in [2.24, 2.45) is 0 Å². The number of benzene rings is 1. The molecule has 0 radical (unpaired) electrons. The summed E-state index contributed by atoms with van der Waals surface area (Å²) in [7, 11) is 0. The van der Waals surface area contributed by atoms with E-state index in [1.807, 2.05) is 37.3 Å². The van der Waals surface area contributed by atoms with E-state index in [2.05, 4.69) is 0 Å². The molecule has 90 valence electrons. The maximum Gasteiger partial charge on any atom is 0.508 e. The van der Waals surface area contributed by atoms with Crippen molar-refractivity contribution in [3.63, 3.8) is 0 Å². The van der Waals surface area contributed by atoms with Crippen LogP contribution in [0.2, 0.25) is 0 Å². The fourth-order valence-electron chi connectivity index (χ4n) is 1.06. The minimum atomic E-state index is -0.590. The Bertz CT molecular complexity index is 288. The zero-order valence-electron chi connectivity index (χ0n) is 9.65. The molecule has 3 N–H and O–H groups in total. The molecule has 0 bridgehead atoms. The molecule has 4 heteroatoms. The lowest BCUT2D eigenvalue weighted by atomic mass is 10.2. The van der Waals surface area contributed by atoms with E-state index in [0.29, 0.717) is 6.61 Å². The molecule has 0 saturated heterocycles. The lowest BCUT2D eigenvalue weighted by Crippen LogP contribution is -2.08. The Morgan fingerprint density at radius 1 is 1.19 bits per heavy atom. The van der Waals surface area contributed by atoms with E-state index in [-0.39, 0.29) is 12.8 Å². The Morgan fingerprint density at radius 2 is 1.88 bits per heavy atom. The Balaban J connectivity index is 0.00000225. The number of unbranched alkanes of at least 4 members (excludes halogenated alkanes) is 1. The first kappa shape index (κ1) is 14.5. The molecule has 1 rings (SSSR count). The summed E-state index contributed by atoms with van der Waals surface area (Å²) >= 11 is 0. The Hall–Kier alpha value is -1.55. The highest BCUT2D eigenvalue weighted by Crippen LogP contribution is 2.01. The fourth-order valence-corrected chi connectivity index (χ4v) is 1.06. The molecule has 0 saturated carbocycles. The van der Waals surface area contributed by atoms with E-state index >= 15 is 0 Å². The number of carbonyl (C=O) groups is 1. The first-order chi connectivity index (χ1) is 7.33. The predicted molar refractivity (Wildman–Crippen MR) is 62.5 cm³/mol. The number of hydrogen-bond donors (Lipinski definition) is 1. The van der Waals surface area contributed by atoms with Crippen LogP contribution >= 0.6 is 0 Å². The molecule has 1 aromatic rings. The van der Waals surface area contributed by atoms with E-state index in [0.717, 1.165) is 18.4 Å². The van der Waals surface area contributed by atoms with Gasteiger partial charge in [-0.15, -0.1) is 0 Å². The zero-order valence-corrected chi connectivity index (χ0v) is 9.65. The van der Waals surface area contributed by atoms with Gasteiger partial charge in [0.2, 0.25) is 0 Å². The van der Waals surface area contributed by atoms with Crippen molar-refractivity contribution in [2.45, 2.75) is 26.4 Å². The van der Waals surface area contributed by atoms with Gasteiger partial charge in [0, 0.05) is 0 Å². The summed E-state index contributed by atoms with van der Waals surface area (Å²) < 4.78 is 9.76. The lowest BCUT2D eigenvalue weighted by Gasteiger charge is -2.05. The van der Waals surface area contributed by atoms with Gasteiger partial charge >= 0.3 is 6.16 Å². The van der Waals surface area contributed by atoms with Crippen LogP contribution in [0.4, 0.5) is 4.79 Å². The summed E-state index contributed by atoms with van der Waals surface area (Å²) in [5.74, 6) is 0. The van der Waals surface area contributed by atoms with Gasteiger partial charge < -0.3 is 15.6 Å². The van der Waals surface area contributed by atoms with Gasteiger partial charge in [0.05, 0.1) is 6.61 Å². The van der Waals surface area contributed by atoms with Crippen LogP contribution in [0.15, 0.2) is 30.3 Å². The molecule has 0 aliphatic carbocycles. The maximum absolute atomic E-state index is 11.0. The van der Waals surface area contributed by atoms with Crippen LogP contribution in [0.1, 0.15) is 25.3 Å². The largest absolute Gasteiger partial charge is 0.508 e. The normalized spacial score (nSPS) is 9.06. The quantitative estimate of drug-likeness (QED) is 0.616. The summed E-state index contributed by atoms with van der Waals surface area (Å²) in [4.78, 5) is 11.0. The van der Waals surface area contributed by atoms with Crippen LogP contribution in [-0.2, 0) is 16.1 Å². The van der Waals surface area contributed by atoms with Crippen molar-refractivity contribution in [3.05, 3.63) is 35.9 Å². The second-order valence-corrected chi connectivity index (χ2v) is 3.23. The van der Waals surface area contributed by atoms with Crippen molar-refractivity contribution in [3.8, 4) is 0 Å². The topological polar surface area (TPSA) is 70.5 Å². The summed E-state index contributed by atoms with van der Waals surface area (Å²) in [5, 5.41) is 0. The third-order valence-corrected chi connectivity index (χ3v) is 1.92. The molecule has 0 heterocycles. The predicted octanol–water partition coefficient (Wildman–Crippen LogP) is 3.30. The van der Waals surface area contributed by atoms with Gasteiger partial charge in [-0.05, 0) is 12.0 Å². The highest BCUT2D eigenvalue weighted by molar-refractivity contribution is 5.59. The van der Waals surface area contributed by atoms with Gasteiger partial charge in [0.15, 0.2) is 0 Å². The maximum atomic E-state index is 11.0. The molecule has 0 atom stereocenters. The highest BCUT2D eigenvalue weighted by atomic mass is 16.7. The standard InChI is InChI=1S/C12H16O3.H3N/c1-2-3-9-14-12(13)15-10-11-7-5-4-6-8-11;/h4-8H,2-3,9-10H2,1H3;1H3. The number of carbonyl (C=O) groups excluding carboxylic acids is 1. The minimum Gasteiger partial charge on any atom is -0.434 e. The molecule has 0 fully saturated rings. The summed E-state index contributed by atoms with van der Waals surface area (Å²) in [6.07, 6.45) is 1.29. The molecule has 0 spiro atoms. The lowest BCUT2D eigenvalue weighted by molar-refractivity contribution is 0.0491. The van der Waals surface area contributed by atoms with Crippen LogP contribution in [0.3, 0.4) is 0 Å². The summed E-state index contributed by atoms with van der Waals surface area (Å²) in [6.45, 7) is 2.74. The molecule has 16 heavy (non-hydrogen) atoms. The monoisotopic (exact) mass is 225 g/mol. The molecular weight excluding hydrogens is 206 g/mol. The van der Waals surface area contributed by atoms with Crippen molar-refractivity contribution in [1.82, 2.24) is 6.15 Å². The van der Waals surface area contributed by atoms with E-state index in [9.17, 15) is 4.79 Å². The molecular formula is C12H19NO3. The average molecular weight is 225 g/mol. The van der Waals surface area contributed by atoms with Crippen molar-refractivity contribution in [1.29, 1.82) is 0 Å². The number of hydrogen-bond acceptors (Lipinski definition) is 4. The van der Waals surface area contributed by atoms with Crippen LogP contribution in [0.25, 0.3) is 0 Å². The second-order valence-electron chi connectivity index (χ2n) is 3.23. The van der Waals surface area contributed by atoms with Gasteiger partial charge in [-0.2, -0.15) is 0 Å². The molecule has 0 unspecified atom stereocenters. The molecule has 0 aromatic heterocycles. The van der Waals surface area contributed by atoms with E-state index in [4.69, 9.17) is 9.47 Å². The van der Waals surface area contributed by atoms with Crippen molar-refractivity contribution >= 4 is 6.16 Å². The van der Waals surface area contributed by atoms with Gasteiger partial charge in [-0.25, -0.2) is 4.79 Å². The van der Waals surface area contributed by atoms with Crippen LogP contribution < -0.4 is 6.15 Å². The molecule has 0 aliphatic rings.